The van der Waals surface area contributed by atoms with Gasteiger partial charge in [-0.15, -0.1) is 0 Å². The van der Waals surface area contributed by atoms with Crippen LogP contribution in [0, 0.1) is 20.8 Å². The molecule has 2 atom stereocenters. The number of nitrogens with zero attached hydrogens (tertiary/aromatic N) is 4. The van der Waals surface area contributed by atoms with Crippen LogP contribution in [0.1, 0.15) is 43.2 Å². The van der Waals surface area contributed by atoms with Crippen LogP contribution in [-0.4, -0.2) is 43.7 Å². The fourth-order valence-corrected chi connectivity index (χ4v) is 4.78. The molecule has 1 aliphatic carbocycles. The standard InChI is InChI=1S/C24H29N7O/c1-5-25-18-7-6-8-19(18)29-24-27-11-13(2)22(30-24)17-12-26-23-16(17)9-10-20(28-23)21-14(3)31-32-15(21)4/h9-12,18-19,25H,5-8H2,1-4H3,(H,26,28)(H,27,29,30)/t18-,19-/m0/s1. The van der Waals surface area contributed by atoms with Crippen LogP contribution >= 0.6 is 0 Å². The van der Waals surface area contributed by atoms with Gasteiger partial charge in [0.1, 0.15) is 11.4 Å². The van der Waals surface area contributed by atoms with Crippen LogP contribution in [0.3, 0.4) is 0 Å². The molecule has 1 aliphatic rings. The quantitative estimate of drug-likeness (QED) is 0.411. The molecule has 5 rings (SSSR count). The molecule has 8 heteroatoms. The highest BCUT2D eigenvalue weighted by Crippen LogP contribution is 2.33. The number of H-pyrrole nitrogens is 1. The van der Waals surface area contributed by atoms with Crippen LogP contribution in [0.25, 0.3) is 33.5 Å². The third kappa shape index (κ3) is 3.64. The summed E-state index contributed by atoms with van der Waals surface area (Å²) in [6, 6.07) is 4.92. The molecule has 4 aromatic rings. The minimum atomic E-state index is 0.354. The lowest BCUT2D eigenvalue weighted by Gasteiger charge is -2.22. The van der Waals surface area contributed by atoms with Gasteiger partial charge in [0, 0.05) is 35.4 Å². The van der Waals surface area contributed by atoms with Crippen molar-refractivity contribution < 1.29 is 4.52 Å². The molecule has 4 heterocycles. The smallest absolute Gasteiger partial charge is 0.223 e. The Labute approximate surface area is 187 Å². The number of hydrogen-bond donors (Lipinski definition) is 3. The van der Waals surface area contributed by atoms with Crippen molar-refractivity contribution >= 4 is 17.0 Å². The molecule has 0 aliphatic heterocycles. The first kappa shape index (κ1) is 20.6. The minimum absolute atomic E-state index is 0.354. The molecular weight excluding hydrogens is 402 g/mol. The van der Waals surface area contributed by atoms with Crippen molar-refractivity contribution in [3.63, 3.8) is 0 Å². The first-order chi connectivity index (χ1) is 15.5. The molecule has 1 fully saturated rings. The van der Waals surface area contributed by atoms with E-state index in [1.54, 1.807) is 0 Å². The topological polar surface area (TPSA) is 105 Å². The molecule has 3 N–H and O–H groups in total. The van der Waals surface area contributed by atoms with Gasteiger partial charge in [0.15, 0.2) is 0 Å². The lowest BCUT2D eigenvalue weighted by Crippen LogP contribution is -2.40. The monoisotopic (exact) mass is 431 g/mol. The fourth-order valence-electron chi connectivity index (χ4n) is 4.78. The van der Waals surface area contributed by atoms with Crippen LogP contribution in [-0.2, 0) is 0 Å². The summed E-state index contributed by atoms with van der Waals surface area (Å²) in [5.74, 6) is 1.45. The number of rotatable bonds is 6. The third-order valence-corrected chi connectivity index (χ3v) is 6.35. The predicted molar refractivity (Wildman–Crippen MR) is 126 cm³/mol. The van der Waals surface area contributed by atoms with Crippen molar-refractivity contribution in [3.8, 4) is 22.5 Å². The highest BCUT2D eigenvalue weighted by atomic mass is 16.5. The molecule has 0 aromatic carbocycles. The summed E-state index contributed by atoms with van der Waals surface area (Å²) in [5.41, 5.74) is 6.41. The summed E-state index contributed by atoms with van der Waals surface area (Å²) in [7, 11) is 0. The molecule has 0 radical (unpaired) electrons. The fraction of sp³-hybridized carbons (Fsp3) is 0.417. The van der Waals surface area contributed by atoms with Crippen molar-refractivity contribution in [2.24, 2.45) is 0 Å². The van der Waals surface area contributed by atoms with Crippen LogP contribution in [0.4, 0.5) is 5.95 Å². The molecular formula is C24H29N7O. The summed E-state index contributed by atoms with van der Waals surface area (Å²) in [6.07, 6.45) is 7.41. The summed E-state index contributed by atoms with van der Waals surface area (Å²) in [6.45, 7) is 9.01. The number of likely N-dealkylation sites (N-methyl/N-ethyl adjacent to an activating group) is 1. The SMILES string of the molecule is CCN[C@H]1CCC[C@@H]1Nc1ncc(C)c(-c2c[nH]c3nc(-c4c(C)noc4C)ccc23)n1. The molecule has 8 nitrogen and oxygen atoms in total. The van der Waals surface area contributed by atoms with E-state index < -0.39 is 0 Å². The van der Waals surface area contributed by atoms with Gasteiger partial charge >= 0.3 is 0 Å². The van der Waals surface area contributed by atoms with Gasteiger partial charge in [0.2, 0.25) is 5.95 Å². The van der Waals surface area contributed by atoms with Crippen molar-refractivity contribution in [1.82, 2.24) is 30.4 Å². The highest BCUT2D eigenvalue weighted by molar-refractivity contribution is 5.94. The zero-order valence-corrected chi connectivity index (χ0v) is 19.0. The van der Waals surface area contributed by atoms with Crippen molar-refractivity contribution in [3.05, 3.63) is 41.5 Å². The number of pyridine rings is 1. The molecule has 0 spiro atoms. The van der Waals surface area contributed by atoms with E-state index in [4.69, 9.17) is 14.5 Å². The average molecular weight is 432 g/mol. The highest BCUT2D eigenvalue weighted by Gasteiger charge is 2.27. The van der Waals surface area contributed by atoms with Gasteiger partial charge in [0.05, 0.1) is 22.6 Å². The molecule has 166 valence electrons. The van der Waals surface area contributed by atoms with Crippen LogP contribution in [0.2, 0.25) is 0 Å². The molecule has 4 aromatic heterocycles. The number of aromatic amines is 1. The zero-order valence-electron chi connectivity index (χ0n) is 19.0. The Morgan fingerprint density at radius 3 is 2.75 bits per heavy atom. The Bertz CT molecular complexity index is 1240. The Morgan fingerprint density at radius 2 is 1.97 bits per heavy atom. The Morgan fingerprint density at radius 1 is 1.12 bits per heavy atom. The van der Waals surface area contributed by atoms with Gasteiger partial charge in [-0.25, -0.2) is 15.0 Å². The maximum Gasteiger partial charge on any atom is 0.223 e. The summed E-state index contributed by atoms with van der Waals surface area (Å²) < 4.78 is 5.31. The van der Waals surface area contributed by atoms with Gasteiger partial charge in [0.25, 0.3) is 0 Å². The maximum absolute atomic E-state index is 5.31. The van der Waals surface area contributed by atoms with Gasteiger partial charge in [-0.1, -0.05) is 12.1 Å². The lowest BCUT2D eigenvalue weighted by molar-refractivity contribution is 0.393. The molecule has 1 saturated carbocycles. The lowest BCUT2D eigenvalue weighted by atomic mass is 10.1. The summed E-state index contributed by atoms with van der Waals surface area (Å²) in [4.78, 5) is 17.6. The van der Waals surface area contributed by atoms with Gasteiger partial charge < -0.3 is 20.1 Å². The first-order valence-corrected chi connectivity index (χ1v) is 11.3. The van der Waals surface area contributed by atoms with Gasteiger partial charge in [-0.05, 0) is 64.3 Å². The molecule has 0 unspecified atom stereocenters. The van der Waals surface area contributed by atoms with E-state index >= 15 is 0 Å². The van der Waals surface area contributed by atoms with E-state index in [-0.39, 0.29) is 0 Å². The second kappa shape index (κ2) is 8.35. The number of aromatic nitrogens is 5. The average Bonchev–Trinajstić information content (AvgIpc) is 3.49. The second-order valence-electron chi connectivity index (χ2n) is 8.57. The van der Waals surface area contributed by atoms with E-state index in [9.17, 15) is 0 Å². The molecule has 0 amide bonds. The largest absolute Gasteiger partial charge is 0.361 e. The van der Waals surface area contributed by atoms with E-state index in [2.05, 4.69) is 38.7 Å². The van der Waals surface area contributed by atoms with E-state index in [0.29, 0.717) is 18.0 Å². The van der Waals surface area contributed by atoms with Crippen molar-refractivity contribution in [2.75, 3.05) is 11.9 Å². The second-order valence-corrected chi connectivity index (χ2v) is 8.57. The van der Waals surface area contributed by atoms with E-state index in [1.807, 2.05) is 39.2 Å². The van der Waals surface area contributed by atoms with Gasteiger partial charge in [-0.2, -0.15) is 0 Å². The number of fused-ring (bicyclic) bond motifs is 1. The van der Waals surface area contributed by atoms with E-state index in [0.717, 1.165) is 63.5 Å². The van der Waals surface area contributed by atoms with Crippen LogP contribution in [0.15, 0.2) is 29.0 Å². The summed E-state index contributed by atoms with van der Waals surface area (Å²) >= 11 is 0. The summed E-state index contributed by atoms with van der Waals surface area (Å²) in [5, 5.41) is 12.2. The number of nitrogens with one attached hydrogen (secondary N) is 3. The predicted octanol–water partition coefficient (Wildman–Crippen LogP) is 4.54. The van der Waals surface area contributed by atoms with Crippen LogP contribution in [0.5, 0.6) is 0 Å². The number of anilines is 1. The third-order valence-electron chi connectivity index (χ3n) is 6.35. The number of hydrogen-bond acceptors (Lipinski definition) is 7. The van der Waals surface area contributed by atoms with Crippen molar-refractivity contribution in [2.45, 2.75) is 59.0 Å². The van der Waals surface area contributed by atoms with Crippen LogP contribution < -0.4 is 10.6 Å². The Balaban J connectivity index is 1.48. The zero-order chi connectivity index (χ0) is 22.2. The first-order valence-electron chi connectivity index (χ1n) is 11.3. The molecule has 0 bridgehead atoms. The van der Waals surface area contributed by atoms with Gasteiger partial charge in [-0.3, -0.25) is 0 Å². The molecule has 0 saturated heterocycles. The molecule has 32 heavy (non-hydrogen) atoms. The minimum Gasteiger partial charge on any atom is -0.361 e. The van der Waals surface area contributed by atoms with Crippen molar-refractivity contribution in [1.29, 1.82) is 0 Å². The normalized spacial score (nSPS) is 18.5. The Kier molecular flexibility index (Phi) is 5.38. The Hall–Kier alpha value is -3.26. The maximum atomic E-state index is 5.31. The number of aryl methyl sites for hydroxylation is 3. The van der Waals surface area contributed by atoms with E-state index in [1.165, 1.54) is 12.8 Å².